The Kier molecular flexibility index (Phi) is 6.02. The third kappa shape index (κ3) is 4.92. The molecule has 2 amide bonds. The van der Waals surface area contributed by atoms with Crippen molar-refractivity contribution in [3.8, 4) is 0 Å². The summed E-state index contributed by atoms with van der Waals surface area (Å²) < 4.78 is 0. The molecule has 3 rings (SSSR count). The zero-order valence-electron chi connectivity index (χ0n) is 15.1. The number of carbonyl (C=O) groups is 2. The van der Waals surface area contributed by atoms with E-state index in [1.165, 1.54) is 0 Å². The highest BCUT2D eigenvalue weighted by molar-refractivity contribution is 5.97. The number of hydrogen-bond donors (Lipinski definition) is 1. The summed E-state index contributed by atoms with van der Waals surface area (Å²) in [5.74, 6) is -0.0171. The maximum atomic E-state index is 12.6. The van der Waals surface area contributed by atoms with Crippen molar-refractivity contribution < 1.29 is 9.59 Å². The second kappa shape index (κ2) is 8.63. The predicted molar refractivity (Wildman–Crippen MR) is 103 cm³/mol. The summed E-state index contributed by atoms with van der Waals surface area (Å²) in [7, 11) is 2.06. The van der Waals surface area contributed by atoms with Gasteiger partial charge in [-0.25, -0.2) is 0 Å². The minimum atomic E-state index is -0.0435. The molecule has 1 heterocycles. The van der Waals surface area contributed by atoms with Gasteiger partial charge in [0.2, 0.25) is 5.91 Å². The number of rotatable bonds is 5. The van der Waals surface area contributed by atoms with Crippen LogP contribution in [0.2, 0.25) is 0 Å². The fourth-order valence-electron chi connectivity index (χ4n) is 3.05. The lowest BCUT2D eigenvalue weighted by atomic mass is 10.1. The summed E-state index contributed by atoms with van der Waals surface area (Å²) in [6.07, 6.45) is 1.12. The van der Waals surface area contributed by atoms with Gasteiger partial charge in [0, 0.05) is 43.9 Å². The molecule has 5 heteroatoms. The third-order valence-corrected chi connectivity index (χ3v) is 4.67. The number of anilines is 1. The molecule has 2 aromatic carbocycles. The van der Waals surface area contributed by atoms with E-state index in [9.17, 15) is 9.59 Å². The van der Waals surface area contributed by atoms with Crippen LogP contribution in [-0.4, -0.2) is 54.8 Å². The number of benzene rings is 2. The zero-order valence-corrected chi connectivity index (χ0v) is 15.1. The highest BCUT2D eigenvalue weighted by Crippen LogP contribution is 2.15. The molecule has 0 spiro atoms. The highest BCUT2D eigenvalue weighted by atomic mass is 16.2. The molecule has 2 aromatic rings. The van der Waals surface area contributed by atoms with Gasteiger partial charge in [-0.2, -0.15) is 0 Å². The van der Waals surface area contributed by atoms with Gasteiger partial charge in [-0.05, 0) is 37.2 Å². The Morgan fingerprint density at radius 1 is 0.962 bits per heavy atom. The highest BCUT2D eigenvalue weighted by Gasteiger charge is 2.20. The van der Waals surface area contributed by atoms with Crippen molar-refractivity contribution in [3.63, 3.8) is 0 Å². The van der Waals surface area contributed by atoms with Gasteiger partial charge in [0.25, 0.3) is 5.91 Å². The summed E-state index contributed by atoms with van der Waals surface area (Å²) in [5.41, 5.74) is 2.43. The van der Waals surface area contributed by atoms with Crippen LogP contribution in [0.1, 0.15) is 22.3 Å². The van der Waals surface area contributed by atoms with E-state index >= 15 is 0 Å². The Balaban J connectivity index is 1.56. The Bertz CT molecular complexity index is 753. The van der Waals surface area contributed by atoms with Crippen LogP contribution in [0.5, 0.6) is 0 Å². The summed E-state index contributed by atoms with van der Waals surface area (Å²) in [5, 5.41) is 2.90. The normalized spacial score (nSPS) is 14.9. The van der Waals surface area contributed by atoms with Crippen molar-refractivity contribution >= 4 is 17.5 Å². The molecule has 1 N–H and O–H groups in total. The van der Waals surface area contributed by atoms with E-state index < -0.39 is 0 Å². The van der Waals surface area contributed by atoms with Gasteiger partial charge in [0.15, 0.2) is 0 Å². The molecule has 0 bridgehead atoms. The first kappa shape index (κ1) is 18.1. The van der Waals surface area contributed by atoms with Crippen LogP contribution in [0, 0.1) is 0 Å². The van der Waals surface area contributed by atoms with Crippen LogP contribution >= 0.6 is 0 Å². The van der Waals surface area contributed by atoms with E-state index in [0.29, 0.717) is 24.1 Å². The Morgan fingerprint density at radius 2 is 1.69 bits per heavy atom. The van der Waals surface area contributed by atoms with Gasteiger partial charge in [0.1, 0.15) is 0 Å². The van der Waals surface area contributed by atoms with Crippen molar-refractivity contribution in [2.75, 3.05) is 38.5 Å². The lowest BCUT2D eigenvalue weighted by Crippen LogP contribution is -2.47. The second-order valence-corrected chi connectivity index (χ2v) is 6.71. The minimum absolute atomic E-state index is 0.0264. The predicted octanol–water partition coefficient (Wildman–Crippen LogP) is 2.65. The first-order valence-electron chi connectivity index (χ1n) is 9.03. The standard InChI is InChI=1S/C21H25N3O2/c1-23-12-14-24(15-13-23)21(26)18-8-5-9-19(16-18)22-20(25)11-10-17-6-3-2-4-7-17/h2-9,16H,10-15H2,1H3,(H,22,25). The lowest BCUT2D eigenvalue weighted by Gasteiger charge is -2.32. The van der Waals surface area contributed by atoms with Crippen molar-refractivity contribution in [2.24, 2.45) is 0 Å². The van der Waals surface area contributed by atoms with Crippen molar-refractivity contribution in [3.05, 3.63) is 65.7 Å². The number of amides is 2. The van der Waals surface area contributed by atoms with E-state index in [4.69, 9.17) is 0 Å². The van der Waals surface area contributed by atoms with Crippen LogP contribution < -0.4 is 5.32 Å². The number of aryl methyl sites for hydroxylation is 1. The topological polar surface area (TPSA) is 52.6 Å². The van der Waals surface area contributed by atoms with Gasteiger partial charge in [-0.3, -0.25) is 9.59 Å². The molecule has 0 atom stereocenters. The first-order chi connectivity index (χ1) is 12.6. The third-order valence-electron chi connectivity index (χ3n) is 4.67. The largest absolute Gasteiger partial charge is 0.336 e. The molecular weight excluding hydrogens is 326 g/mol. The summed E-state index contributed by atoms with van der Waals surface area (Å²) >= 11 is 0. The first-order valence-corrected chi connectivity index (χ1v) is 9.03. The molecule has 136 valence electrons. The van der Waals surface area contributed by atoms with Gasteiger partial charge in [-0.15, -0.1) is 0 Å². The molecule has 0 unspecified atom stereocenters. The number of piperazine rings is 1. The molecule has 1 fully saturated rings. The molecule has 0 saturated carbocycles. The number of likely N-dealkylation sites (N-methyl/N-ethyl adjacent to an activating group) is 1. The van der Waals surface area contributed by atoms with Crippen LogP contribution in [-0.2, 0) is 11.2 Å². The van der Waals surface area contributed by atoms with E-state index in [1.54, 1.807) is 12.1 Å². The van der Waals surface area contributed by atoms with Gasteiger partial charge in [0.05, 0.1) is 0 Å². The number of hydrogen-bond acceptors (Lipinski definition) is 3. The second-order valence-electron chi connectivity index (χ2n) is 6.71. The summed E-state index contributed by atoms with van der Waals surface area (Å²) in [4.78, 5) is 28.9. The van der Waals surface area contributed by atoms with E-state index in [2.05, 4.69) is 17.3 Å². The molecule has 0 aromatic heterocycles. The Labute approximate surface area is 154 Å². The van der Waals surface area contributed by atoms with Crippen LogP contribution in [0.25, 0.3) is 0 Å². The number of nitrogens with zero attached hydrogens (tertiary/aromatic N) is 2. The van der Waals surface area contributed by atoms with Crippen LogP contribution in [0.3, 0.4) is 0 Å². The van der Waals surface area contributed by atoms with Gasteiger partial charge in [-0.1, -0.05) is 36.4 Å². The molecule has 0 radical (unpaired) electrons. The Hall–Kier alpha value is -2.66. The van der Waals surface area contributed by atoms with Gasteiger partial charge < -0.3 is 15.1 Å². The number of carbonyl (C=O) groups excluding carboxylic acids is 2. The van der Waals surface area contributed by atoms with E-state index in [0.717, 1.165) is 31.7 Å². The molecule has 1 aliphatic rings. The van der Waals surface area contributed by atoms with E-state index in [1.807, 2.05) is 47.4 Å². The van der Waals surface area contributed by atoms with Crippen molar-refractivity contribution in [1.82, 2.24) is 9.80 Å². The van der Waals surface area contributed by atoms with Crippen molar-refractivity contribution in [1.29, 1.82) is 0 Å². The summed E-state index contributed by atoms with van der Waals surface area (Å²) in [6, 6.07) is 17.2. The molecule has 26 heavy (non-hydrogen) atoms. The lowest BCUT2D eigenvalue weighted by molar-refractivity contribution is -0.116. The molecule has 1 saturated heterocycles. The average molecular weight is 351 g/mol. The van der Waals surface area contributed by atoms with E-state index in [-0.39, 0.29) is 11.8 Å². The maximum absolute atomic E-state index is 12.6. The maximum Gasteiger partial charge on any atom is 0.254 e. The van der Waals surface area contributed by atoms with Crippen molar-refractivity contribution in [2.45, 2.75) is 12.8 Å². The molecule has 0 aliphatic carbocycles. The fraction of sp³-hybridized carbons (Fsp3) is 0.333. The average Bonchev–Trinajstić information content (AvgIpc) is 2.67. The molecule has 5 nitrogen and oxygen atoms in total. The summed E-state index contributed by atoms with van der Waals surface area (Å²) in [6.45, 7) is 3.26. The molecule has 1 aliphatic heterocycles. The smallest absolute Gasteiger partial charge is 0.254 e. The zero-order chi connectivity index (χ0) is 18.4. The fourth-order valence-corrected chi connectivity index (χ4v) is 3.05. The Morgan fingerprint density at radius 3 is 2.42 bits per heavy atom. The van der Waals surface area contributed by atoms with Crippen LogP contribution in [0.4, 0.5) is 5.69 Å². The van der Waals surface area contributed by atoms with Gasteiger partial charge >= 0.3 is 0 Å². The quantitative estimate of drug-likeness (QED) is 0.901. The molecular formula is C21H25N3O2. The van der Waals surface area contributed by atoms with Crippen LogP contribution in [0.15, 0.2) is 54.6 Å². The number of nitrogens with one attached hydrogen (secondary N) is 1. The SMILES string of the molecule is CN1CCN(C(=O)c2cccc(NC(=O)CCc3ccccc3)c2)CC1. The minimum Gasteiger partial charge on any atom is -0.336 e. The monoisotopic (exact) mass is 351 g/mol.